The van der Waals surface area contributed by atoms with Crippen LogP contribution in [0.25, 0.3) is 0 Å². The SMILES string of the molecule is Cc1ccc([C]=O)cn1. The van der Waals surface area contributed by atoms with E-state index in [0.29, 0.717) is 5.56 Å². The molecule has 1 aromatic heterocycles. The minimum atomic E-state index is 0.501. The third-order valence-electron chi connectivity index (χ3n) is 1.03. The van der Waals surface area contributed by atoms with Crippen LogP contribution in [0.5, 0.6) is 0 Å². The molecule has 1 heterocycles. The molecule has 2 nitrogen and oxygen atoms in total. The van der Waals surface area contributed by atoms with Crippen molar-refractivity contribution in [3.63, 3.8) is 0 Å². The minimum absolute atomic E-state index is 0.501. The first kappa shape index (κ1) is 5.95. The molecule has 0 aromatic carbocycles. The van der Waals surface area contributed by atoms with Gasteiger partial charge in [0.15, 0.2) is 0 Å². The third kappa shape index (κ3) is 1.35. The van der Waals surface area contributed by atoms with Crippen LogP contribution in [-0.2, 0) is 4.79 Å². The van der Waals surface area contributed by atoms with Gasteiger partial charge in [0.2, 0.25) is 6.29 Å². The van der Waals surface area contributed by atoms with E-state index in [9.17, 15) is 4.79 Å². The Hall–Kier alpha value is -1.18. The molecule has 0 fully saturated rings. The van der Waals surface area contributed by atoms with Crippen molar-refractivity contribution in [2.45, 2.75) is 6.92 Å². The highest BCUT2D eigenvalue weighted by Gasteiger charge is 1.87. The lowest BCUT2D eigenvalue weighted by Gasteiger charge is -1.87. The molecule has 1 radical (unpaired) electrons. The van der Waals surface area contributed by atoms with Crippen LogP contribution >= 0.6 is 0 Å². The predicted octanol–water partition coefficient (Wildman–Crippen LogP) is 0.848. The van der Waals surface area contributed by atoms with Crippen LogP contribution in [0.2, 0.25) is 0 Å². The zero-order chi connectivity index (χ0) is 6.69. The van der Waals surface area contributed by atoms with E-state index in [4.69, 9.17) is 0 Å². The normalized spacial score (nSPS) is 9.00. The van der Waals surface area contributed by atoms with Crippen LogP contribution in [0.1, 0.15) is 11.3 Å². The molecule has 1 aromatic rings. The van der Waals surface area contributed by atoms with E-state index >= 15 is 0 Å². The van der Waals surface area contributed by atoms with Gasteiger partial charge in [-0.1, -0.05) is 0 Å². The number of pyridine rings is 1. The van der Waals surface area contributed by atoms with Crippen molar-refractivity contribution < 1.29 is 4.79 Å². The van der Waals surface area contributed by atoms with E-state index in [2.05, 4.69) is 4.98 Å². The average molecular weight is 120 g/mol. The van der Waals surface area contributed by atoms with Gasteiger partial charge in [-0.2, -0.15) is 0 Å². The van der Waals surface area contributed by atoms with E-state index in [0.717, 1.165) is 5.69 Å². The van der Waals surface area contributed by atoms with Gasteiger partial charge in [0.1, 0.15) is 0 Å². The molecule has 45 valence electrons. The highest BCUT2D eigenvalue weighted by atomic mass is 16.1. The first-order valence-electron chi connectivity index (χ1n) is 2.64. The van der Waals surface area contributed by atoms with Gasteiger partial charge in [0.25, 0.3) is 0 Å². The number of aromatic nitrogens is 1. The first-order valence-corrected chi connectivity index (χ1v) is 2.64. The average Bonchev–Trinajstić information content (AvgIpc) is 1.90. The van der Waals surface area contributed by atoms with Crippen molar-refractivity contribution in [2.75, 3.05) is 0 Å². The van der Waals surface area contributed by atoms with Gasteiger partial charge < -0.3 is 0 Å². The summed E-state index contributed by atoms with van der Waals surface area (Å²) in [5.74, 6) is 0. The summed E-state index contributed by atoms with van der Waals surface area (Å²) in [6.07, 6.45) is 3.24. The number of rotatable bonds is 1. The van der Waals surface area contributed by atoms with Crippen LogP contribution in [0.4, 0.5) is 0 Å². The highest BCUT2D eigenvalue weighted by Crippen LogP contribution is 1.93. The number of hydrogen-bond donors (Lipinski definition) is 0. The van der Waals surface area contributed by atoms with Crippen LogP contribution in [0.3, 0.4) is 0 Å². The Morgan fingerprint density at radius 2 is 2.33 bits per heavy atom. The fraction of sp³-hybridized carbons (Fsp3) is 0.143. The first-order chi connectivity index (χ1) is 4.33. The molecular formula is C7H6NO. The fourth-order valence-corrected chi connectivity index (χ4v) is 0.528. The van der Waals surface area contributed by atoms with E-state index in [1.165, 1.54) is 6.20 Å². The van der Waals surface area contributed by atoms with Crippen LogP contribution in [0, 0.1) is 6.92 Å². The second-order valence-electron chi connectivity index (χ2n) is 1.79. The molecule has 0 aliphatic rings. The molecule has 2 heteroatoms. The standard InChI is InChI=1S/C7H6NO/c1-6-2-3-7(5-9)4-8-6/h2-4H,1H3. The molecule has 0 unspecified atom stereocenters. The Bertz CT molecular complexity index is 203. The van der Waals surface area contributed by atoms with Gasteiger partial charge in [0, 0.05) is 17.5 Å². The minimum Gasteiger partial charge on any atom is -0.285 e. The zero-order valence-electron chi connectivity index (χ0n) is 5.09. The lowest BCUT2D eigenvalue weighted by atomic mass is 10.3. The molecule has 0 saturated heterocycles. The maximum Gasteiger partial charge on any atom is 0.235 e. The van der Waals surface area contributed by atoms with Gasteiger partial charge in [-0.25, -0.2) is 0 Å². The van der Waals surface area contributed by atoms with Crippen molar-refractivity contribution in [3.05, 3.63) is 29.6 Å². The summed E-state index contributed by atoms with van der Waals surface area (Å²) in [6.45, 7) is 1.87. The summed E-state index contributed by atoms with van der Waals surface area (Å²) < 4.78 is 0. The second kappa shape index (κ2) is 2.40. The zero-order valence-corrected chi connectivity index (χ0v) is 5.09. The molecular weight excluding hydrogens is 114 g/mol. The van der Waals surface area contributed by atoms with Gasteiger partial charge >= 0.3 is 0 Å². The summed E-state index contributed by atoms with van der Waals surface area (Å²) in [5, 5.41) is 0. The van der Waals surface area contributed by atoms with E-state index in [-0.39, 0.29) is 0 Å². The smallest absolute Gasteiger partial charge is 0.235 e. The monoisotopic (exact) mass is 120 g/mol. The maximum atomic E-state index is 9.95. The molecule has 0 aliphatic heterocycles. The topological polar surface area (TPSA) is 30.0 Å². The molecule has 9 heavy (non-hydrogen) atoms. The highest BCUT2D eigenvalue weighted by molar-refractivity contribution is 5.74. The lowest BCUT2D eigenvalue weighted by Crippen LogP contribution is -1.83. The Morgan fingerprint density at radius 1 is 1.56 bits per heavy atom. The maximum absolute atomic E-state index is 9.95. The molecule has 0 amide bonds. The summed E-state index contributed by atoms with van der Waals surface area (Å²) in [7, 11) is 0. The van der Waals surface area contributed by atoms with Crippen molar-refractivity contribution in [1.29, 1.82) is 0 Å². The fourth-order valence-electron chi connectivity index (χ4n) is 0.528. The van der Waals surface area contributed by atoms with Crippen molar-refractivity contribution in [1.82, 2.24) is 4.98 Å². The Labute approximate surface area is 53.5 Å². The lowest BCUT2D eigenvalue weighted by molar-refractivity contribution is 0.562. The third-order valence-corrected chi connectivity index (χ3v) is 1.03. The van der Waals surface area contributed by atoms with E-state index < -0.39 is 0 Å². The second-order valence-corrected chi connectivity index (χ2v) is 1.79. The number of carbonyl (C=O) groups excluding carboxylic acids is 1. The summed E-state index contributed by atoms with van der Waals surface area (Å²) in [4.78, 5) is 13.8. The van der Waals surface area contributed by atoms with Crippen LogP contribution in [0.15, 0.2) is 18.3 Å². The molecule has 0 N–H and O–H groups in total. The van der Waals surface area contributed by atoms with E-state index in [1.807, 2.05) is 6.92 Å². The van der Waals surface area contributed by atoms with E-state index in [1.54, 1.807) is 18.4 Å². The predicted molar refractivity (Wildman–Crippen MR) is 33.8 cm³/mol. The number of aryl methyl sites for hydroxylation is 1. The Morgan fingerprint density at radius 3 is 2.78 bits per heavy atom. The van der Waals surface area contributed by atoms with Crippen molar-refractivity contribution >= 4 is 6.29 Å². The number of hydrogen-bond acceptors (Lipinski definition) is 2. The molecule has 0 aliphatic carbocycles. The van der Waals surface area contributed by atoms with Crippen molar-refractivity contribution in [2.24, 2.45) is 0 Å². The summed E-state index contributed by atoms with van der Waals surface area (Å²) in [5.41, 5.74) is 1.41. The molecule has 0 bridgehead atoms. The van der Waals surface area contributed by atoms with Crippen molar-refractivity contribution in [3.8, 4) is 0 Å². The quantitative estimate of drug-likeness (QED) is 0.549. The summed E-state index contributed by atoms with van der Waals surface area (Å²) >= 11 is 0. The largest absolute Gasteiger partial charge is 0.285 e. The van der Waals surface area contributed by atoms with Gasteiger partial charge in [0.05, 0.1) is 0 Å². The van der Waals surface area contributed by atoms with Crippen LogP contribution < -0.4 is 0 Å². The van der Waals surface area contributed by atoms with Gasteiger partial charge in [-0.3, -0.25) is 9.78 Å². The van der Waals surface area contributed by atoms with Gasteiger partial charge in [-0.15, -0.1) is 0 Å². The van der Waals surface area contributed by atoms with Gasteiger partial charge in [-0.05, 0) is 19.1 Å². The number of nitrogens with zero attached hydrogens (tertiary/aromatic N) is 1. The van der Waals surface area contributed by atoms with Crippen LogP contribution in [-0.4, -0.2) is 11.3 Å². The Balaban J connectivity index is 3.01. The molecule has 0 saturated carbocycles. The molecule has 0 spiro atoms. The summed E-state index contributed by atoms with van der Waals surface area (Å²) in [6, 6.07) is 3.47. The molecule has 1 rings (SSSR count). The molecule has 0 atom stereocenters. The Kier molecular flexibility index (Phi) is 1.58.